The molecular weight excluding hydrogens is 741 g/mol. The Morgan fingerprint density at radius 2 is 1.49 bits per heavy atom. The molecule has 0 N–H and O–H groups in total. The largest absolute Gasteiger partial charge is 0.416 e. The van der Waals surface area contributed by atoms with Crippen LogP contribution in [0.5, 0.6) is 0 Å². The molecule has 16 heteroatoms. The zero-order valence-corrected chi connectivity index (χ0v) is 28.9. The summed E-state index contributed by atoms with van der Waals surface area (Å²) in [4.78, 5) is 16.9. The maximum atomic E-state index is 13.6. The monoisotopic (exact) mass is 770 g/mol. The highest BCUT2D eigenvalue weighted by Gasteiger charge is 2.53. The molecule has 1 atom stereocenters. The molecule has 2 fully saturated rings. The normalized spacial score (nSPS) is 22.1. The Hall–Kier alpha value is -2.55. The van der Waals surface area contributed by atoms with Gasteiger partial charge in [-0.1, -0.05) is 53.5 Å². The summed E-state index contributed by atoms with van der Waals surface area (Å²) in [6.45, 7) is 0.969. The maximum Gasteiger partial charge on any atom is 0.416 e. The number of alkyl halides is 6. The van der Waals surface area contributed by atoms with Crippen molar-refractivity contribution < 1.29 is 44.3 Å². The van der Waals surface area contributed by atoms with E-state index in [2.05, 4.69) is 4.90 Å². The van der Waals surface area contributed by atoms with Crippen LogP contribution in [0, 0.1) is 0 Å². The number of piperidine rings is 1. The second kappa shape index (κ2) is 13.5. The van der Waals surface area contributed by atoms with Gasteiger partial charge in [0.25, 0.3) is 5.91 Å². The summed E-state index contributed by atoms with van der Waals surface area (Å²) < 4.78 is 113. The van der Waals surface area contributed by atoms with Gasteiger partial charge in [-0.05, 0) is 79.4 Å². The van der Waals surface area contributed by atoms with Crippen LogP contribution in [0.4, 0.5) is 26.3 Å². The molecule has 0 radical (unpaired) electrons. The van der Waals surface area contributed by atoms with E-state index in [-0.39, 0.29) is 60.4 Å². The summed E-state index contributed by atoms with van der Waals surface area (Å²) in [6, 6.07) is 13.0. The summed E-state index contributed by atoms with van der Waals surface area (Å²) >= 11 is 12.5. The lowest BCUT2D eigenvalue weighted by atomic mass is 9.85. The predicted octanol–water partition coefficient (Wildman–Crippen LogP) is 8.13. The Balaban J connectivity index is 0.00000468. The smallest absolute Gasteiger partial charge is 0.367 e. The van der Waals surface area contributed by atoms with Crippen LogP contribution in [0.3, 0.4) is 0 Å². The van der Waals surface area contributed by atoms with Crippen LogP contribution in [-0.2, 0) is 43.0 Å². The second-order valence-electron chi connectivity index (χ2n) is 12.5. The van der Waals surface area contributed by atoms with E-state index in [0.717, 1.165) is 11.1 Å². The molecule has 3 aromatic rings. The number of benzene rings is 3. The number of ether oxygens (including phenoxy) is 1. The molecule has 1 amide bonds. The first-order valence-electron chi connectivity index (χ1n) is 15.2. The van der Waals surface area contributed by atoms with Gasteiger partial charge < -0.3 is 14.5 Å². The Morgan fingerprint density at radius 3 is 2.10 bits per heavy atom. The number of carbonyl (C=O) groups is 1. The molecule has 3 aromatic carbocycles. The van der Waals surface area contributed by atoms with Crippen LogP contribution in [0.2, 0.25) is 10.0 Å². The van der Waals surface area contributed by atoms with Crippen molar-refractivity contribution in [1.82, 2.24) is 9.80 Å². The third kappa shape index (κ3) is 7.16. The van der Waals surface area contributed by atoms with Gasteiger partial charge in [-0.25, -0.2) is 8.42 Å². The highest BCUT2D eigenvalue weighted by Crippen LogP contribution is 2.49. The number of likely N-dealkylation sites (tertiary alicyclic amines) is 1. The SMILES string of the molecule is Cl.O=C(c1cc(C(F)(F)F)cc(C(F)(F)F)c1)N1CCO[C@](CCN2CCC3(CC2)c2ccccc2CS3(=O)=O)(c2ccc(Cl)c(Cl)c2)C1. The fourth-order valence-electron chi connectivity index (χ4n) is 7.13. The first kappa shape index (κ1) is 37.7. The molecule has 1 spiro atoms. The van der Waals surface area contributed by atoms with Crippen molar-refractivity contribution in [3.05, 3.63) is 104 Å². The third-order valence-corrected chi connectivity index (χ3v) is 12.9. The van der Waals surface area contributed by atoms with Crippen LogP contribution in [0.1, 0.15) is 57.4 Å². The molecule has 6 rings (SSSR count). The minimum absolute atomic E-state index is 0. The summed E-state index contributed by atoms with van der Waals surface area (Å²) in [5.41, 5.74) is -2.99. The minimum Gasteiger partial charge on any atom is -0.367 e. The Bertz CT molecular complexity index is 1820. The first-order chi connectivity index (χ1) is 22.4. The van der Waals surface area contributed by atoms with Gasteiger partial charge in [-0.15, -0.1) is 12.4 Å². The van der Waals surface area contributed by atoms with Crippen LogP contribution in [-0.4, -0.2) is 63.5 Å². The van der Waals surface area contributed by atoms with Crippen molar-refractivity contribution in [1.29, 1.82) is 0 Å². The van der Waals surface area contributed by atoms with Gasteiger partial charge >= 0.3 is 12.4 Å². The van der Waals surface area contributed by atoms with E-state index < -0.39 is 55.1 Å². The molecule has 6 nitrogen and oxygen atoms in total. The van der Waals surface area contributed by atoms with Gasteiger partial charge in [-0.3, -0.25) is 4.79 Å². The van der Waals surface area contributed by atoms with E-state index in [1.165, 1.54) is 4.90 Å². The number of morpholine rings is 1. The minimum atomic E-state index is -5.11. The predicted molar refractivity (Wildman–Crippen MR) is 175 cm³/mol. The average molecular weight is 772 g/mol. The molecule has 49 heavy (non-hydrogen) atoms. The van der Waals surface area contributed by atoms with Crippen LogP contribution < -0.4 is 0 Å². The molecule has 3 aliphatic rings. The third-order valence-electron chi connectivity index (χ3n) is 9.70. The Labute approximate surface area is 295 Å². The van der Waals surface area contributed by atoms with E-state index >= 15 is 0 Å². The fourth-order valence-corrected chi connectivity index (χ4v) is 9.70. The summed E-state index contributed by atoms with van der Waals surface area (Å²) in [5, 5.41) is 0.445. The van der Waals surface area contributed by atoms with Crippen molar-refractivity contribution in [2.45, 2.75) is 47.7 Å². The summed E-state index contributed by atoms with van der Waals surface area (Å²) in [7, 11) is -3.42. The van der Waals surface area contributed by atoms with Gasteiger partial charge in [0.05, 0.1) is 40.1 Å². The topological polar surface area (TPSA) is 66.9 Å². The maximum absolute atomic E-state index is 13.6. The van der Waals surface area contributed by atoms with Crippen molar-refractivity contribution in [2.24, 2.45) is 0 Å². The highest BCUT2D eigenvalue weighted by atomic mass is 35.5. The van der Waals surface area contributed by atoms with Crippen molar-refractivity contribution in [2.75, 3.05) is 39.3 Å². The standard InChI is InChI=1S/C33H30Cl2F6N2O4S.ClH/c34-27-6-5-23(18-28(27)35)30(7-10-42-11-8-31(9-12-42)26-4-2-1-3-21(26)19-48(31,45)46)20-43(13-14-47-30)29(44)22-15-24(32(36,37)38)17-25(16-22)33(39,40)41;/h1-6,15-18H,7-14,19-20H2;1H/t30-;/m0./s1. The van der Waals surface area contributed by atoms with Gasteiger partial charge in [0.1, 0.15) is 10.3 Å². The molecule has 3 aliphatic heterocycles. The van der Waals surface area contributed by atoms with Gasteiger partial charge in [-0.2, -0.15) is 26.3 Å². The molecule has 0 saturated carbocycles. The molecule has 0 bridgehead atoms. The number of rotatable bonds is 5. The number of carbonyl (C=O) groups excluding carboxylic acids is 1. The van der Waals surface area contributed by atoms with Crippen molar-refractivity contribution >= 4 is 51.4 Å². The summed E-state index contributed by atoms with van der Waals surface area (Å²) in [6.07, 6.45) is -9.21. The van der Waals surface area contributed by atoms with Crippen molar-refractivity contribution in [3.63, 3.8) is 0 Å². The van der Waals surface area contributed by atoms with E-state index in [1.807, 2.05) is 24.3 Å². The van der Waals surface area contributed by atoms with Crippen LogP contribution in [0.25, 0.3) is 0 Å². The molecule has 3 heterocycles. The number of amides is 1. The lowest BCUT2D eigenvalue weighted by molar-refractivity contribution is -0.143. The number of fused-ring (bicyclic) bond motifs is 2. The lowest BCUT2D eigenvalue weighted by Gasteiger charge is -2.45. The van der Waals surface area contributed by atoms with E-state index in [4.69, 9.17) is 27.9 Å². The number of halogens is 9. The van der Waals surface area contributed by atoms with Gasteiger partial charge in [0.2, 0.25) is 0 Å². The summed E-state index contributed by atoms with van der Waals surface area (Å²) in [5.74, 6) is -1.01. The number of hydrogen-bond acceptors (Lipinski definition) is 5. The lowest BCUT2D eigenvalue weighted by Crippen LogP contribution is -2.53. The first-order valence-corrected chi connectivity index (χ1v) is 17.6. The van der Waals surface area contributed by atoms with Crippen LogP contribution in [0.15, 0.2) is 60.7 Å². The zero-order chi connectivity index (χ0) is 34.7. The second-order valence-corrected chi connectivity index (χ2v) is 15.6. The van der Waals surface area contributed by atoms with Crippen LogP contribution >= 0.6 is 35.6 Å². The molecule has 0 aromatic heterocycles. The van der Waals surface area contributed by atoms with Gasteiger partial charge in [0.15, 0.2) is 9.84 Å². The number of sulfone groups is 1. The average Bonchev–Trinajstić information content (AvgIpc) is 3.25. The molecule has 0 unspecified atom stereocenters. The molecule has 0 aliphatic carbocycles. The molecule has 2 saturated heterocycles. The Kier molecular flexibility index (Phi) is 10.4. The Morgan fingerprint density at radius 1 is 0.857 bits per heavy atom. The quantitative estimate of drug-likeness (QED) is 0.245. The van der Waals surface area contributed by atoms with Gasteiger partial charge in [0, 0.05) is 18.7 Å². The molecular formula is C33H31Cl3F6N2O4S. The number of hydrogen-bond donors (Lipinski definition) is 0. The van der Waals surface area contributed by atoms with E-state index in [9.17, 15) is 39.6 Å². The molecule has 266 valence electrons. The van der Waals surface area contributed by atoms with E-state index in [0.29, 0.717) is 50.2 Å². The zero-order valence-electron chi connectivity index (χ0n) is 25.7. The van der Waals surface area contributed by atoms with E-state index in [1.54, 1.807) is 18.2 Å². The van der Waals surface area contributed by atoms with Crippen molar-refractivity contribution in [3.8, 4) is 0 Å². The number of nitrogens with zero attached hydrogens (tertiary/aromatic N) is 2. The highest BCUT2D eigenvalue weighted by molar-refractivity contribution is 7.92. The fraction of sp³-hybridized carbons (Fsp3) is 0.424.